The van der Waals surface area contributed by atoms with Crippen molar-refractivity contribution >= 4 is 22.9 Å². The third-order valence-corrected chi connectivity index (χ3v) is 5.03. The SMILES string of the molecule is Cc1ccc(C)c(OCc2csc(C(=O)Nc3ccc(F)cc3C)c2)c1. The Morgan fingerprint density at radius 2 is 1.88 bits per heavy atom. The van der Waals surface area contributed by atoms with Crippen LogP contribution >= 0.6 is 11.3 Å². The number of aryl methyl sites for hydroxylation is 3. The molecule has 0 saturated carbocycles. The van der Waals surface area contributed by atoms with Crippen molar-refractivity contribution in [2.45, 2.75) is 27.4 Å². The zero-order valence-electron chi connectivity index (χ0n) is 14.9. The van der Waals surface area contributed by atoms with Gasteiger partial charge in [-0.3, -0.25) is 4.79 Å². The molecule has 0 aliphatic rings. The molecule has 3 nitrogen and oxygen atoms in total. The molecule has 2 aromatic carbocycles. The van der Waals surface area contributed by atoms with E-state index < -0.39 is 0 Å². The van der Waals surface area contributed by atoms with Gasteiger partial charge >= 0.3 is 0 Å². The number of thiophene rings is 1. The van der Waals surface area contributed by atoms with Crippen molar-refractivity contribution in [2.24, 2.45) is 0 Å². The quantitative estimate of drug-likeness (QED) is 0.632. The molecule has 3 rings (SSSR count). The summed E-state index contributed by atoms with van der Waals surface area (Å²) in [4.78, 5) is 13.0. The lowest BCUT2D eigenvalue weighted by molar-refractivity contribution is 0.103. The monoisotopic (exact) mass is 369 g/mol. The smallest absolute Gasteiger partial charge is 0.265 e. The standard InChI is InChI=1S/C21H20FNO2S/c1-13-4-5-14(2)19(8-13)25-11-16-10-20(26-12-16)21(24)23-18-7-6-17(22)9-15(18)3/h4-10,12H,11H2,1-3H3,(H,23,24). The lowest BCUT2D eigenvalue weighted by atomic mass is 10.1. The van der Waals surface area contributed by atoms with E-state index in [4.69, 9.17) is 4.74 Å². The average molecular weight is 369 g/mol. The van der Waals surface area contributed by atoms with Crippen molar-refractivity contribution in [1.82, 2.24) is 0 Å². The van der Waals surface area contributed by atoms with Crippen molar-refractivity contribution < 1.29 is 13.9 Å². The molecule has 3 aromatic rings. The number of ether oxygens (including phenoxy) is 1. The number of hydrogen-bond acceptors (Lipinski definition) is 3. The molecule has 0 unspecified atom stereocenters. The number of carbonyl (C=O) groups is 1. The number of benzene rings is 2. The number of anilines is 1. The van der Waals surface area contributed by atoms with Crippen LogP contribution in [0.3, 0.4) is 0 Å². The van der Waals surface area contributed by atoms with Gasteiger partial charge in [0, 0.05) is 11.3 Å². The highest BCUT2D eigenvalue weighted by atomic mass is 32.1. The van der Waals surface area contributed by atoms with E-state index in [1.807, 2.05) is 43.5 Å². The maximum atomic E-state index is 13.2. The zero-order valence-corrected chi connectivity index (χ0v) is 15.7. The lowest BCUT2D eigenvalue weighted by Gasteiger charge is -2.09. The van der Waals surface area contributed by atoms with Crippen LogP contribution in [0, 0.1) is 26.6 Å². The summed E-state index contributed by atoms with van der Waals surface area (Å²) in [7, 11) is 0. The van der Waals surface area contributed by atoms with Crippen LogP contribution in [0.15, 0.2) is 47.8 Å². The molecule has 5 heteroatoms. The molecule has 1 N–H and O–H groups in total. The third kappa shape index (κ3) is 4.29. The predicted octanol–water partition coefficient (Wildman–Crippen LogP) is 5.64. The molecule has 0 spiro atoms. The van der Waals surface area contributed by atoms with E-state index in [0.29, 0.717) is 22.7 Å². The minimum atomic E-state index is -0.317. The van der Waals surface area contributed by atoms with Gasteiger partial charge in [0.05, 0.1) is 4.88 Å². The van der Waals surface area contributed by atoms with E-state index in [0.717, 1.165) is 22.4 Å². The van der Waals surface area contributed by atoms with Gasteiger partial charge in [0.25, 0.3) is 5.91 Å². The highest BCUT2D eigenvalue weighted by Gasteiger charge is 2.12. The van der Waals surface area contributed by atoms with E-state index >= 15 is 0 Å². The van der Waals surface area contributed by atoms with Gasteiger partial charge in [-0.05, 0) is 73.2 Å². The largest absolute Gasteiger partial charge is 0.489 e. The predicted molar refractivity (Wildman–Crippen MR) is 104 cm³/mol. The van der Waals surface area contributed by atoms with E-state index in [9.17, 15) is 9.18 Å². The molecule has 0 aliphatic heterocycles. The van der Waals surface area contributed by atoms with E-state index in [-0.39, 0.29) is 11.7 Å². The first kappa shape index (κ1) is 18.1. The molecule has 1 aromatic heterocycles. The Kier molecular flexibility index (Phi) is 5.38. The fraction of sp³-hybridized carbons (Fsp3) is 0.190. The molecular formula is C21H20FNO2S. The van der Waals surface area contributed by atoms with Crippen molar-refractivity contribution in [3.63, 3.8) is 0 Å². The summed E-state index contributed by atoms with van der Waals surface area (Å²) in [5, 5.41) is 4.74. The second kappa shape index (κ2) is 7.70. The highest BCUT2D eigenvalue weighted by Crippen LogP contribution is 2.23. The summed E-state index contributed by atoms with van der Waals surface area (Å²) in [5.74, 6) is 0.328. The summed E-state index contributed by atoms with van der Waals surface area (Å²) in [6.07, 6.45) is 0. The number of amides is 1. The van der Waals surface area contributed by atoms with Gasteiger partial charge in [0.1, 0.15) is 18.2 Å². The summed E-state index contributed by atoms with van der Waals surface area (Å²) in [6.45, 7) is 6.20. The highest BCUT2D eigenvalue weighted by molar-refractivity contribution is 7.12. The first-order valence-electron chi connectivity index (χ1n) is 8.27. The maximum absolute atomic E-state index is 13.2. The Hall–Kier alpha value is -2.66. The topological polar surface area (TPSA) is 38.3 Å². The maximum Gasteiger partial charge on any atom is 0.265 e. The average Bonchev–Trinajstić information content (AvgIpc) is 3.07. The van der Waals surface area contributed by atoms with E-state index in [1.54, 1.807) is 13.0 Å². The Morgan fingerprint density at radius 3 is 2.65 bits per heavy atom. The Bertz CT molecular complexity index is 949. The summed E-state index contributed by atoms with van der Waals surface area (Å²) < 4.78 is 19.0. The van der Waals surface area contributed by atoms with Gasteiger partial charge in [-0.1, -0.05) is 12.1 Å². The van der Waals surface area contributed by atoms with Gasteiger partial charge in [-0.15, -0.1) is 11.3 Å². The molecule has 1 heterocycles. The molecular weight excluding hydrogens is 349 g/mol. The van der Waals surface area contributed by atoms with Crippen LogP contribution in [0.5, 0.6) is 5.75 Å². The lowest BCUT2D eigenvalue weighted by Crippen LogP contribution is -2.11. The summed E-state index contributed by atoms with van der Waals surface area (Å²) in [5.41, 5.74) is 4.46. The normalized spacial score (nSPS) is 10.6. The molecule has 26 heavy (non-hydrogen) atoms. The minimum Gasteiger partial charge on any atom is -0.489 e. The number of carbonyl (C=O) groups excluding carboxylic acids is 1. The minimum absolute atomic E-state index is 0.206. The second-order valence-corrected chi connectivity index (χ2v) is 7.20. The summed E-state index contributed by atoms with van der Waals surface area (Å²) >= 11 is 1.36. The van der Waals surface area contributed by atoms with Crippen molar-refractivity contribution in [3.8, 4) is 5.75 Å². The number of rotatable bonds is 5. The fourth-order valence-corrected chi connectivity index (χ4v) is 3.34. The van der Waals surface area contributed by atoms with E-state index in [2.05, 4.69) is 5.32 Å². The first-order chi connectivity index (χ1) is 12.4. The Morgan fingerprint density at radius 1 is 1.08 bits per heavy atom. The Labute approximate surface area is 156 Å². The van der Waals surface area contributed by atoms with E-state index in [1.165, 1.54) is 23.5 Å². The fourth-order valence-electron chi connectivity index (χ4n) is 2.55. The molecule has 0 bridgehead atoms. The number of hydrogen-bond donors (Lipinski definition) is 1. The zero-order chi connectivity index (χ0) is 18.7. The molecule has 0 radical (unpaired) electrons. The van der Waals surface area contributed by atoms with Crippen LogP contribution < -0.4 is 10.1 Å². The van der Waals surface area contributed by atoms with Crippen LogP contribution in [0.4, 0.5) is 10.1 Å². The molecule has 0 fully saturated rings. The first-order valence-corrected chi connectivity index (χ1v) is 9.15. The number of nitrogens with one attached hydrogen (secondary N) is 1. The molecule has 0 atom stereocenters. The van der Waals surface area contributed by atoms with Crippen LogP contribution in [0.2, 0.25) is 0 Å². The molecule has 134 valence electrons. The molecule has 0 aliphatic carbocycles. The third-order valence-electron chi connectivity index (χ3n) is 4.05. The van der Waals surface area contributed by atoms with Gasteiger partial charge in [0.15, 0.2) is 0 Å². The summed E-state index contributed by atoms with van der Waals surface area (Å²) in [6, 6.07) is 12.2. The van der Waals surface area contributed by atoms with Crippen molar-refractivity contribution in [1.29, 1.82) is 0 Å². The molecule has 0 saturated heterocycles. The van der Waals surface area contributed by atoms with Crippen LogP contribution in [0.25, 0.3) is 0 Å². The van der Waals surface area contributed by atoms with Crippen LogP contribution in [-0.4, -0.2) is 5.91 Å². The van der Waals surface area contributed by atoms with Gasteiger partial charge in [0.2, 0.25) is 0 Å². The molecule has 1 amide bonds. The van der Waals surface area contributed by atoms with Crippen molar-refractivity contribution in [2.75, 3.05) is 5.32 Å². The van der Waals surface area contributed by atoms with Gasteiger partial charge in [-0.2, -0.15) is 0 Å². The van der Waals surface area contributed by atoms with Gasteiger partial charge in [-0.25, -0.2) is 4.39 Å². The number of halogens is 1. The Balaban J connectivity index is 1.65. The van der Waals surface area contributed by atoms with Crippen molar-refractivity contribution in [3.05, 3.63) is 80.8 Å². The van der Waals surface area contributed by atoms with Gasteiger partial charge < -0.3 is 10.1 Å². The second-order valence-electron chi connectivity index (χ2n) is 6.29. The van der Waals surface area contributed by atoms with Crippen LogP contribution in [0.1, 0.15) is 31.9 Å². The van der Waals surface area contributed by atoms with Crippen LogP contribution in [-0.2, 0) is 6.61 Å².